The first-order valence-electron chi connectivity index (χ1n) is 11.7. The van der Waals surface area contributed by atoms with Crippen LogP contribution in [0.25, 0.3) is 0 Å². The number of urea groups is 1. The van der Waals surface area contributed by atoms with E-state index in [1.807, 2.05) is 13.0 Å². The number of aliphatic imine (C=N–C) groups is 1. The zero-order chi connectivity index (χ0) is 24.9. The molecule has 184 valence electrons. The van der Waals surface area contributed by atoms with Crippen molar-refractivity contribution in [2.75, 3.05) is 25.5 Å². The predicted molar refractivity (Wildman–Crippen MR) is 141 cm³/mol. The number of nitrogens with two attached hydrogens (primary N) is 1. The number of hydrogen-bond donors (Lipinski definition) is 3. The summed E-state index contributed by atoms with van der Waals surface area (Å²) in [6.45, 7) is 8.00. The van der Waals surface area contributed by atoms with Crippen LogP contribution in [-0.4, -0.2) is 57.3 Å². The molecule has 0 saturated carbocycles. The smallest absolute Gasteiger partial charge is 0.315 e. The molecule has 0 saturated heterocycles. The van der Waals surface area contributed by atoms with Crippen molar-refractivity contribution in [3.63, 3.8) is 0 Å². The van der Waals surface area contributed by atoms with Gasteiger partial charge in [-0.1, -0.05) is 30.3 Å². The van der Waals surface area contributed by atoms with Crippen molar-refractivity contribution in [1.82, 2.24) is 25.3 Å². The number of amides is 2. The van der Waals surface area contributed by atoms with Gasteiger partial charge < -0.3 is 20.9 Å². The fourth-order valence-electron chi connectivity index (χ4n) is 4.85. The summed E-state index contributed by atoms with van der Waals surface area (Å²) in [5.74, 6) is 2.48. The molecule has 0 spiro atoms. The summed E-state index contributed by atoms with van der Waals surface area (Å²) in [6, 6.07) is 9.95. The molecule has 0 aliphatic carbocycles. The van der Waals surface area contributed by atoms with E-state index in [1.165, 1.54) is 0 Å². The lowest BCUT2D eigenvalue weighted by molar-refractivity contribution is 0.208. The monoisotopic (exact) mass is 492 g/mol. The zero-order valence-corrected chi connectivity index (χ0v) is 21.6. The second kappa shape index (κ2) is 8.76. The molecule has 0 bridgehead atoms. The highest BCUT2D eigenvalue weighted by atomic mass is 32.2. The highest BCUT2D eigenvalue weighted by Crippen LogP contribution is 2.49. The number of primary amides is 1. The van der Waals surface area contributed by atoms with Crippen LogP contribution in [-0.2, 0) is 13.1 Å². The number of hydrogen-bond acceptors (Lipinski definition) is 7. The van der Waals surface area contributed by atoms with Crippen LogP contribution in [0.4, 0.5) is 10.6 Å². The van der Waals surface area contributed by atoms with Crippen LogP contribution >= 0.6 is 11.8 Å². The van der Waals surface area contributed by atoms with Gasteiger partial charge in [-0.3, -0.25) is 10.00 Å². The number of aromatic amines is 1. The third-order valence-corrected chi connectivity index (χ3v) is 7.58. The zero-order valence-electron chi connectivity index (χ0n) is 20.8. The number of amidine groups is 1. The van der Waals surface area contributed by atoms with Crippen molar-refractivity contribution < 1.29 is 4.79 Å². The van der Waals surface area contributed by atoms with Crippen molar-refractivity contribution in [2.24, 2.45) is 10.7 Å². The van der Waals surface area contributed by atoms with Crippen LogP contribution in [0.3, 0.4) is 0 Å². The standard InChI is InChI=1S/C25H32N8OS/c1-15-27-18-11-25(2,3)35-21(18)23(28-15)33(20(14-31(4)5)16-9-7-6-8-10-16)22-17-12-32(24(26)34)13-19(17)29-30-22/h6-11,20H,12-14H2,1-5H3,(H2,26,34)(H,27,28)(H,29,30)/t20-/m1/s1. The van der Waals surface area contributed by atoms with Crippen molar-refractivity contribution in [1.29, 1.82) is 0 Å². The third kappa shape index (κ3) is 4.43. The molecule has 10 heteroatoms. The minimum Gasteiger partial charge on any atom is -0.351 e. The number of nitrogens with one attached hydrogen (secondary N) is 2. The second-order valence-electron chi connectivity index (χ2n) is 10.00. The summed E-state index contributed by atoms with van der Waals surface area (Å²) in [7, 11) is 4.15. The van der Waals surface area contributed by atoms with Gasteiger partial charge in [0, 0.05) is 16.9 Å². The SMILES string of the molecule is CC1=NC(N(c2n[nH]c3c2CN(C(N)=O)C3)[C@H](CN(C)C)c2ccccc2)=C2SC(C)(C)C=C2N1. The third-order valence-electron chi connectivity index (χ3n) is 6.32. The Hall–Kier alpha value is -3.24. The molecule has 2 amide bonds. The maximum atomic E-state index is 12.0. The van der Waals surface area contributed by atoms with Gasteiger partial charge in [0.05, 0.1) is 35.4 Å². The number of fused-ring (bicyclic) bond motifs is 2. The Morgan fingerprint density at radius 2 is 2.00 bits per heavy atom. The molecule has 9 nitrogen and oxygen atoms in total. The summed E-state index contributed by atoms with van der Waals surface area (Å²) < 4.78 is -0.0607. The maximum Gasteiger partial charge on any atom is 0.315 e. The van der Waals surface area contributed by atoms with Gasteiger partial charge >= 0.3 is 6.03 Å². The maximum absolute atomic E-state index is 12.0. The molecule has 3 aliphatic heterocycles. The lowest BCUT2D eigenvalue weighted by Crippen LogP contribution is -2.39. The Kier molecular flexibility index (Phi) is 5.88. The van der Waals surface area contributed by atoms with Gasteiger partial charge in [0.1, 0.15) is 5.84 Å². The van der Waals surface area contributed by atoms with Gasteiger partial charge in [-0.2, -0.15) is 5.10 Å². The molecule has 3 aliphatic rings. The van der Waals surface area contributed by atoms with Crippen LogP contribution in [0.5, 0.6) is 0 Å². The highest BCUT2D eigenvalue weighted by molar-refractivity contribution is 8.05. The predicted octanol–water partition coefficient (Wildman–Crippen LogP) is 3.51. The summed E-state index contributed by atoms with van der Waals surface area (Å²) in [4.78, 5) is 24.2. The second-order valence-corrected chi connectivity index (χ2v) is 11.7. The van der Waals surface area contributed by atoms with E-state index in [0.29, 0.717) is 13.1 Å². The van der Waals surface area contributed by atoms with Crippen molar-refractivity contribution in [2.45, 2.75) is 44.6 Å². The Labute approximate surface area is 210 Å². The first kappa shape index (κ1) is 23.5. The molecule has 4 heterocycles. The summed E-state index contributed by atoms with van der Waals surface area (Å²) >= 11 is 1.80. The summed E-state index contributed by atoms with van der Waals surface area (Å²) in [6.07, 6.45) is 2.26. The van der Waals surface area contributed by atoms with Crippen LogP contribution < -0.4 is 16.0 Å². The van der Waals surface area contributed by atoms with E-state index < -0.39 is 6.03 Å². The number of benzene rings is 1. The molecule has 4 N–H and O–H groups in total. The Balaban J connectivity index is 1.71. The summed E-state index contributed by atoms with van der Waals surface area (Å²) in [5.41, 5.74) is 9.76. The number of anilines is 1. The van der Waals surface area contributed by atoms with E-state index in [-0.39, 0.29) is 10.8 Å². The van der Waals surface area contributed by atoms with Gasteiger partial charge in [0.25, 0.3) is 0 Å². The normalized spacial score (nSPS) is 19.2. The van der Waals surface area contributed by atoms with E-state index >= 15 is 0 Å². The first-order valence-corrected chi connectivity index (χ1v) is 12.5. The molecular weight excluding hydrogens is 460 g/mol. The lowest BCUT2D eigenvalue weighted by Gasteiger charge is -2.37. The molecule has 0 radical (unpaired) electrons. The van der Waals surface area contributed by atoms with E-state index in [9.17, 15) is 4.79 Å². The van der Waals surface area contributed by atoms with Crippen LogP contribution in [0.1, 0.15) is 43.6 Å². The minimum atomic E-state index is -0.434. The molecule has 1 aromatic heterocycles. The van der Waals surface area contributed by atoms with Gasteiger partial charge in [0.15, 0.2) is 11.6 Å². The molecular formula is C25H32N8OS. The molecule has 1 aromatic carbocycles. The van der Waals surface area contributed by atoms with Crippen LogP contribution in [0.15, 0.2) is 57.8 Å². The van der Waals surface area contributed by atoms with Crippen LogP contribution in [0.2, 0.25) is 0 Å². The average molecular weight is 493 g/mol. The number of H-pyrrole nitrogens is 1. The quantitative estimate of drug-likeness (QED) is 0.570. The molecule has 2 aromatic rings. The number of nitrogens with zero attached hydrogens (tertiary/aromatic N) is 5. The fourth-order valence-corrected chi connectivity index (χ4v) is 6.01. The molecule has 0 unspecified atom stereocenters. The van der Waals surface area contributed by atoms with Gasteiger partial charge in [-0.15, -0.1) is 11.8 Å². The molecule has 5 rings (SSSR count). The molecule has 1 atom stereocenters. The topological polar surface area (TPSA) is 106 Å². The van der Waals surface area contributed by atoms with Crippen molar-refractivity contribution >= 4 is 29.4 Å². The number of thioether (sulfide) groups is 1. The average Bonchev–Trinajstić information content (AvgIpc) is 3.45. The van der Waals surface area contributed by atoms with Gasteiger partial charge in [-0.05, 0) is 46.5 Å². The Morgan fingerprint density at radius 1 is 1.26 bits per heavy atom. The van der Waals surface area contributed by atoms with Crippen LogP contribution in [0, 0.1) is 0 Å². The molecule has 0 fully saturated rings. The fraction of sp³-hybridized carbons (Fsp3) is 0.400. The Morgan fingerprint density at radius 3 is 2.69 bits per heavy atom. The molecule has 35 heavy (non-hydrogen) atoms. The van der Waals surface area contributed by atoms with E-state index in [2.05, 4.69) is 78.5 Å². The van der Waals surface area contributed by atoms with Crippen molar-refractivity contribution in [3.8, 4) is 0 Å². The number of carbonyl (C=O) groups is 1. The summed E-state index contributed by atoms with van der Waals surface area (Å²) in [5, 5.41) is 11.4. The van der Waals surface area contributed by atoms with E-state index in [1.54, 1.807) is 16.7 Å². The Bertz CT molecular complexity index is 1240. The highest BCUT2D eigenvalue weighted by Gasteiger charge is 2.40. The lowest BCUT2D eigenvalue weighted by atomic mass is 10.0. The largest absolute Gasteiger partial charge is 0.351 e. The number of likely N-dealkylation sites (N-methyl/N-ethyl adjacent to an activating group) is 1. The first-order chi connectivity index (χ1) is 16.6. The number of aromatic nitrogens is 2. The van der Waals surface area contributed by atoms with E-state index in [0.717, 1.165) is 51.4 Å². The number of carbonyl (C=O) groups excluding carboxylic acids is 1. The van der Waals surface area contributed by atoms with E-state index in [4.69, 9.17) is 15.8 Å². The minimum absolute atomic E-state index is 0.0607. The van der Waals surface area contributed by atoms with Gasteiger partial charge in [0.2, 0.25) is 0 Å². The van der Waals surface area contributed by atoms with Crippen molar-refractivity contribution in [3.05, 3.63) is 69.7 Å². The van der Waals surface area contributed by atoms with Gasteiger partial charge in [-0.25, -0.2) is 9.79 Å². The number of rotatable bonds is 6.